The quantitative estimate of drug-likeness (QED) is 0.669. The highest BCUT2D eigenvalue weighted by Crippen LogP contribution is 2.15. The number of likely N-dealkylation sites (tertiary alicyclic amines) is 1. The molecule has 19 heavy (non-hydrogen) atoms. The minimum atomic E-state index is 0.109. The monoisotopic (exact) mass is 268 g/mol. The first kappa shape index (κ1) is 14.6. The number of urea groups is 1. The van der Waals surface area contributed by atoms with Gasteiger partial charge in [0.05, 0.1) is 0 Å². The maximum Gasteiger partial charge on any atom is 0.317 e. The van der Waals surface area contributed by atoms with E-state index in [0.29, 0.717) is 0 Å². The van der Waals surface area contributed by atoms with E-state index < -0.39 is 0 Å². The van der Waals surface area contributed by atoms with E-state index in [1.165, 1.54) is 32.4 Å². The van der Waals surface area contributed by atoms with Crippen molar-refractivity contribution in [2.75, 3.05) is 52.4 Å². The first-order valence-electron chi connectivity index (χ1n) is 7.75. The van der Waals surface area contributed by atoms with Gasteiger partial charge in [0.15, 0.2) is 0 Å². The highest BCUT2D eigenvalue weighted by molar-refractivity contribution is 5.76. The van der Waals surface area contributed by atoms with Crippen molar-refractivity contribution >= 4 is 6.03 Å². The van der Waals surface area contributed by atoms with Gasteiger partial charge in [-0.3, -0.25) is 0 Å². The summed E-state index contributed by atoms with van der Waals surface area (Å²) in [5.41, 5.74) is 0. The second kappa shape index (κ2) is 7.70. The average Bonchev–Trinajstić information content (AvgIpc) is 2.83. The lowest BCUT2D eigenvalue weighted by molar-refractivity contribution is 0.155. The Kier molecular flexibility index (Phi) is 5.92. The number of nitrogens with zero attached hydrogens (tertiary/aromatic N) is 2. The lowest BCUT2D eigenvalue weighted by Gasteiger charge is -2.33. The van der Waals surface area contributed by atoms with Crippen LogP contribution >= 0.6 is 0 Å². The molecule has 2 saturated heterocycles. The van der Waals surface area contributed by atoms with Gasteiger partial charge in [-0.15, -0.1) is 0 Å². The standard InChI is InChI=1S/C14H28N4O/c1-2-5-15-11-13-4-3-7-17(12-13)9-10-18-8-6-16-14(18)19/h13,15H,2-12H2,1H3,(H,16,19). The number of carbonyl (C=O) groups excluding carboxylic acids is 1. The summed E-state index contributed by atoms with van der Waals surface area (Å²) >= 11 is 0. The zero-order valence-electron chi connectivity index (χ0n) is 12.2. The molecular weight excluding hydrogens is 240 g/mol. The van der Waals surface area contributed by atoms with Gasteiger partial charge >= 0.3 is 6.03 Å². The van der Waals surface area contributed by atoms with E-state index >= 15 is 0 Å². The Morgan fingerprint density at radius 2 is 2.26 bits per heavy atom. The third-order valence-electron chi connectivity index (χ3n) is 4.09. The van der Waals surface area contributed by atoms with E-state index in [2.05, 4.69) is 22.5 Å². The Bertz CT molecular complexity index is 285. The van der Waals surface area contributed by atoms with E-state index in [1.54, 1.807) is 0 Å². The Morgan fingerprint density at radius 1 is 1.37 bits per heavy atom. The predicted molar refractivity (Wildman–Crippen MR) is 77.3 cm³/mol. The van der Waals surface area contributed by atoms with Gasteiger partial charge in [0.2, 0.25) is 0 Å². The molecule has 2 heterocycles. The molecule has 2 aliphatic rings. The first-order valence-corrected chi connectivity index (χ1v) is 7.75. The normalized spacial score (nSPS) is 24.8. The third kappa shape index (κ3) is 4.66. The summed E-state index contributed by atoms with van der Waals surface area (Å²) in [7, 11) is 0. The molecule has 0 bridgehead atoms. The molecule has 2 aliphatic heterocycles. The molecule has 0 aromatic heterocycles. The van der Waals surface area contributed by atoms with Gasteiger partial charge in [-0.05, 0) is 44.8 Å². The summed E-state index contributed by atoms with van der Waals surface area (Å²) in [5.74, 6) is 0.785. The molecule has 5 nitrogen and oxygen atoms in total. The van der Waals surface area contributed by atoms with Crippen molar-refractivity contribution in [1.82, 2.24) is 20.4 Å². The third-order valence-corrected chi connectivity index (χ3v) is 4.09. The number of piperidine rings is 1. The average molecular weight is 268 g/mol. The molecule has 1 unspecified atom stereocenters. The predicted octanol–water partition coefficient (Wildman–Crippen LogP) is 0.723. The van der Waals surface area contributed by atoms with Crippen LogP contribution in [-0.4, -0.2) is 68.2 Å². The molecular formula is C14H28N4O. The van der Waals surface area contributed by atoms with Crippen LogP contribution in [0.4, 0.5) is 4.79 Å². The number of rotatable bonds is 7. The molecule has 1 atom stereocenters. The molecule has 0 aliphatic carbocycles. The minimum Gasteiger partial charge on any atom is -0.336 e. The molecule has 2 fully saturated rings. The van der Waals surface area contributed by atoms with Gasteiger partial charge in [-0.1, -0.05) is 6.92 Å². The van der Waals surface area contributed by atoms with Crippen LogP contribution in [0.5, 0.6) is 0 Å². The van der Waals surface area contributed by atoms with Crippen molar-refractivity contribution in [3.63, 3.8) is 0 Å². The zero-order chi connectivity index (χ0) is 13.5. The summed E-state index contributed by atoms with van der Waals surface area (Å²) in [4.78, 5) is 15.9. The van der Waals surface area contributed by atoms with Gasteiger partial charge in [-0.2, -0.15) is 0 Å². The maximum absolute atomic E-state index is 11.5. The second-order valence-electron chi connectivity index (χ2n) is 5.73. The van der Waals surface area contributed by atoms with Crippen LogP contribution in [0.3, 0.4) is 0 Å². The van der Waals surface area contributed by atoms with E-state index in [4.69, 9.17) is 0 Å². The molecule has 0 spiro atoms. The fourth-order valence-corrected chi connectivity index (χ4v) is 2.99. The van der Waals surface area contributed by atoms with Crippen molar-refractivity contribution in [2.45, 2.75) is 26.2 Å². The Morgan fingerprint density at radius 3 is 3.00 bits per heavy atom. The first-order chi connectivity index (χ1) is 9.29. The summed E-state index contributed by atoms with van der Waals surface area (Å²) in [6.45, 7) is 10.4. The highest BCUT2D eigenvalue weighted by Gasteiger charge is 2.23. The van der Waals surface area contributed by atoms with Crippen molar-refractivity contribution in [2.24, 2.45) is 5.92 Å². The molecule has 0 aromatic carbocycles. The molecule has 2 amide bonds. The lowest BCUT2D eigenvalue weighted by Crippen LogP contribution is -2.43. The van der Waals surface area contributed by atoms with Gasteiger partial charge in [0.1, 0.15) is 0 Å². The topological polar surface area (TPSA) is 47.6 Å². The van der Waals surface area contributed by atoms with E-state index in [-0.39, 0.29) is 6.03 Å². The highest BCUT2D eigenvalue weighted by atomic mass is 16.2. The van der Waals surface area contributed by atoms with Crippen LogP contribution in [0, 0.1) is 5.92 Å². The van der Waals surface area contributed by atoms with Crippen LogP contribution in [0.15, 0.2) is 0 Å². The molecule has 110 valence electrons. The minimum absolute atomic E-state index is 0.109. The van der Waals surface area contributed by atoms with Gasteiger partial charge in [-0.25, -0.2) is 4.79 Å². The Labute approximate surface area is 116 Å². The van der Waals surface area contributed by atoms with E-state index in [0.717, 1.165) is 45.2 Å². The second-order valence-corrected chi connectivity index (χ2v) is 5.73. The smallest absolute Gasteiger partial charge is 0.317 e. The van der Waals surface area contributed by atoms with Crippen LogP contribution < -0.4 is 10.6 Å². The molecule has 5 heteroatoms. The summed E-state index contributed by atoms with van der Waals surface area (Å²) < 4.78 is 0. The summed E-state index contributed by atoms with van der Waals surface area (Å²) in [6, 6.07) is 0.109. The number of carbonyl (C=O) groups is 1. The lowest BCUT2D eigenvalue weighted by atomic mass is 9.98. The van der Waals surface area contributed by atoms with Crippen molar-refractivity contribution in [1.29, 1.82) is 0 Å². The van der Waals surface area contributed by atoms with E-state index in [9.17, 15) is 4.79 Å². The zero-order valence-corrected chi connectivity index (χ0v) is 12.2. The number of hydrogen-bond donors (Lipinski definition) is 2. The van der Waals surface area contributed by atoms with Gasteiger partial charge < -0.3 is 20.4 Å². The Hall–Kier alpha value is -0.810. The SMILES string of the molecule is CCCNCC1CCCN(CCN2CCNC2=O)C1. The maximum atomic E-state index is 11.5. The molecule has 0 aromatic rings. The fourth-order valence-electron chi connectivity index (χ4n) is 2.99. The summed E-state index contributed by atoms with van der Waals surface area (Å²) in [5, 5.41) is 6.39. The van der Waals surface area contributed by atoms with Gasteiger partial charge in [0, 0.05) is 32.7 Å². The molecule has 2 rings (SSSR count). The Balaban J connectivity index is 1.64. The number of nitrogens with one attached hydrogen (secondary N) is 2. The number of amides is 2. The number of hydrogen-bond acceptors (Lipinski definition) is 3. The van der Waals surface area contributed by atoms with Crippen LogP contribution in [0.2, 0.25) is 0 Å². The van der Waals surface area contributed by atoms with Crippen LogP contribution in [0.1, 0.15) is 26.2 Å². The van der Waals surface area contributed by atoms with Crippen molar-refractivity contribution < 1.29 is 4.79 Å². The van der Waals surface area contributed by atoms with Crippen molar-refractivity contribution in [3.05, 3.63) is 0 Å². The van der Waals surface area contributed by atoms with Crippen molar-refractivity contribution in [3.8, 4) is 0 Å². The van der Waals surface area contributed by atoms with E-state index in [1.807, 2.05) is 4.90 Å². The fraction of sp³-hybridized carbons (Fsp3) is 0.929. The largest absolute Gasteiger partial charge is 0.336 e. The molecule has 0 saturated carbocycles. The molecule has 0 radical (unpaired) electrons. The van der Waals surface area contributed by atoms with Crippen LogP contribution in [-0.2, 0) is 0 Å². The van der Waals surface area contributed by atoms with Gasteiger partial charge in [0.25, 0.3) is 0 Å². The molecule has 2 N–H and O–H groups in total. The summed E-state index contributed by atoms with van der Waals surface area (Å²) in [6.07, 6.45) is 3.85. The van der Waals surface area contributed by atoms with Crippen LogP contribution in [0.25, 0.3) is 0 Å².